The number of hydrogen-bond acceptors (Lipinski definition) is 3. The van der Waals surface area contributed by atoms with E-state index in [1.807, 2.05) is 0 Å². The summed E-state index contributed by atoms with van der Waals surface area (Å²) in [5.74, 6) is -0.183. The first kappa shape index (κ1) is 15.5. The van der Waals surface area contributed by atoms with Crippen LogP contribution in [0.4, 0.5) is 24.5 Å². The van der Waals surface area contributed by atoms with Crippen LogP contribution in [-0.4, -0.2) is 29.9 Å². The molecule has 4 nitrogen and oxygen atoms in total. The zero-order chi connectivity index (χ0) is 15.6. The van der Waals surface area contributed by atoms with E-state index in [9.17, 15) is 18.0 Å². The molecule has 1 fully saturated rings. The molecule has 1 saturated heterocycles. The number of carbonyl (C=O) groups is 1. The van der Waals surface area contributed by atoms with Gasteiger partial charge in [0, 0.05) is 24.5 Å². The molecular weight excluding hydrogens is 283 g/mol. The Bertz CT molecular complexity index is 525. The summed E-state index contributed by atoms with van der Waals surface area (Å²) in [5, 5.41) is 2.65. The van der Waals surface area contributed by atoms with Crippen molar-refractivity contribution in [2.24, 2.45) is 0 Å². The Morgan fingerprint density at radius 1 is 1.33 bits per heavy atom. The van der Waals surface area contributed by atoms with Gasteiger partial charge in [0.2, 0.25) is 5.91 Å². The van der Waals surface area contributed by atoms with Gasteiger partial charge in [-0.1, -0.05) is 0 Å². The smallest absolute Gasteiger partial charge is 0.399 e. The predicted octanol–water partition coefficient (Wildman–Crippen LogP) is 2.71. The molecule has 3 N–H and O–H groups in total. The van der Waals surface area contributed by atoms with Crippen molar-refractivity contribution >= 4 is 17.3 Å². The molecule has 116 valence electrons. The van der Waals surface area contributed by atoms with Gasteiger partial charge < -0.3 is 16.0 Å². The van der Waals surface area contributed by atoms with Crippen molar-refractivity contribution in [2.75, 3.05) is 24.1 Å². The van der Waals surface area contributed by atoms with E-state index < -0.39 is 17.8 Å². The topological polar surface area (TPSA) is 58.4 Å². The minimum absolute atomic E-state index is 0.0337. The van der Waals surface area contributed by atoms with Crippen molar-refractivity contribution in [3.8, 4) is 0 Å². The van der Waals surface area contributed by atoms with Gasteiger partial charge in [-0.25, -0.2) is 0 Å². The number of anilines is 2. The largest absolute Gasteiger partial charge is 0.418 e. The number of nitrogen functional groups attached to an aromatic ring is 1. The Kier molecular flexibility index (Phi) is 4.29. The van der Waals surface area contributed by atoms with Crippen molar-refractivity contribution in [2.45, 2.75) is 32.0 Å². The van der Waals surface area contributed by atoms with E-state index in [0.717, 1.165) is 18.9 Å². The van der Waals surface area contributed by atoms with Gasteiger partial charge in [-0.15, -0.1) is 0 Å². The molecule has 21 heavy (non-hydrogen) atoms. The van der Waals surface area contributed by atoms with E-state index in [0.29, 0.717) is 13.1 Å². The summed E-state index contributed by atoms with van der Waals surface area (Å²) in [6.45, 7) is 2.90. The molecule has 1 unspecified atom stereocenters. The van der Waals surface area contributed by atoms with Gasteiger partial charge in [0.1, 0.15) is 6.04 Å². The number of carbonyl (C=O) groups excluding carboxylic acids is 1. The zero-order valence-corrected chi connectivity index (χ0v) is 11.7. The average Bonchev–Trinajstić information content (AvgIpc) is 2.92. The first-order chi connectivity index (χ1) is 9.79. The fraction of sp³-hybridized carbons (Fsp3) is 0.500. The molecule has 1 aromatic rings. The van der Waals surface area contributed by atoms with Crippen LogP contribution in [0.5, 0.6) is 0 Å². The number of rotatable bonds is 3. The van der Waals surface area contributed by atoms with Crippen LogP contribution in [0.15, 0.2) is 18.2 Å². The van der Waals surface area contributed by atoms with Crippen LogP contribution in [0.25, 0.3) is 0 Å². The van der Waals surface area contributed by atoms with Crippen molar-refractivity contribution in [1.82, 2.24) is 4.90 Å². The van der Waals surface area contributed by atoms with E-state index >= 15 is 0 Å². The second kappa shape index (κ2) is 5.83. The van der Waals surface area contributed by atoms with Crippen LogP contribution in [0.3, 0.4) is 0 Å². The molecule has 1 amide bonds. The lowest BCUT2D eigenvalue weighted by molar-refractivity contribution is -0.137. The fourth-order valence-corrected chi connectivity index (χ4v) is 2.43. The van der Waals surface area contributed by atoms with E-state index in [-0.39, 0.29) is 17.3 Å². The molecule has 7 heteroatoms. The number of likely N-dealkylation sites (tertiary alicyclic amines) is 1. The van der Waals surface area contributed by atoms with E-state index in [1.165, 1.54) is 12.1 Å². The summed E-state index contributed by atoms with van der Waals surface area (Å²) >= 11 is 0. The molecule has 1 atom stereocenters. The lowest BCUT2D eigenvalue weighted by Gasteiger charge is -2.23. The first-order valence-electron chi connectivity index (χ1n) is 6.81. The fourth-order valence-electron chi connectivity index (χ4n) is 2.43. The highest BCUT2D eigenvalue weighted by Crippen LogP contribution is 2.36. The number of nitrogens with two attached hydrogens (primary N) is 1. The van der Waals surface area contributed by atoms with Crippen molar-refractivity contribution < 1.29 is 18.0 Å². The van der Waals surface area contributed by atoms with Gasteiger partial charge in [-0.05, 0) is 38.0 Å². The summed E-state index contributed by atoms with van der Waals surface area (Å²) in [4.78, 5) is 13.8. The molecule has 1 aliphatic rings. The van der Waals surface area contributed by atoms with Crippen LogP contribution in [0.2, 0.25) is 0 Å². The predicted molar refractivity (Wildman–Crippen MR) is 74.8 cm³/mol. The summed E-state index contributed by atoms with van der Waals surface area (Å²) in [6, 6.07) is 2.79. The number of benzene rings is 1. The highest BCUT2D eigenvalue weighted by atomic mass is 19.4. The van der Waals surface area contributed by atoms with Gasteiger partial charge >= 0.3 is 6.18 Å². The van der Waals surface area contributed by atoms with Crippen molar-refractivity contribution in [1.29, 1.82) is 0 Å². The zero-order valence-electron chi connectivity index (χ0n) is 11.7. The highest BCUT2D eigenvalue weighted by molar-refractivity contribution is 5.85. The Morgan fingerprint density at radius 3 is 2.52 bits per heavy atom. The van der Waals surface area contributed by atoms with E-state index in [1.54, 1.807) is 11.8 Å². The monoisotopic (exact) mass is 301 g/mol. The summed E-state index contributed by atoms with van der Waals surface area (Å²) in [7, 11) is 0. The molecule has 1 heterocycles. The first-order valence-corrected chi connectivity index (χ1v) is 6.81. The number of nitrogens with zero attached hydrogens (tertiary/aromatic N) is 1. The Labute approximate surface area is 121 Å². The van der Waals surface area contributed by atoms with Gasteiger partial charge in [0.25, 0.3) is 0 Å². The standard InChI is InChI=1S/C14H18F3N3O/c1-9(13(21)20-6-2-3-7-20)19-12-5-4-10(18)8-11(12)14(15,16)17/h4-5,8-9,19H,2-3,6-7,18H2,1H3. The highest BCUT2D eigenvalue weighted by Gasteiger charge is 2.34. The number of hydrogen-bond donors (Lipinski definition) is 2. The van der Waals surface area contributed by atoms with E-state index in [4.69, 9.17) is 5.73 Å². The Hall–Kier alpha value is -1.92. The van der Waals surface area contributed by atoms with Crippen molar-refractivity contribution in [3.63, 3.8) is 0 Å². The number of alkyl halides is 3. The molecule has 0 saturated carbocycles. The maximum atomic E-state index is 13.0. The third kappa shape index (κ3) is 3.59. The lowest BCUT2D eigenvalue weighted by Crippen LogP contribution is -2.40. The Morgan fingerprint density at radius 2 is 1.95 bits per heavy atom. The molecule has 0 radical (unpaired) electrons. The molecule has 1 aliphatic heterocycles. The maximum Gasteiger partial charge on any atom is 0.418 e. The van der Waals surface area contributed by atoms with Gasteiger partial charge in [-0.2, -0.15) is 13.2 Å². The second-order valence-electron chi connectivity index (χ2n) is 5.20. The van der Waals surface area contributed by atoms with Gasteiger partial charge in [0.05, 0.1) is 5.56 Å². The molecular formula is C14H18F3N3O. The van der Waals surface area contributed by atoms with Crippen LogP contribution in [0, 0.1) is 0 Å². The van der Waals surface area contributed by atoms with Crippen LogP contribution in [-0.2, 0) is 11.0 Å². The van der Waals surface area contributed by atoms with Crippen LogP contribution < -0.4 is 11.1 Å². The molecule has 0 aliphatic carbocycles. The minimum atomic E-state index is -4.52. The van der Waals surface area contributed by atoms with Gasteiger partial charge in [-0.3, -0.25) is 4.79 Å². The minimum Gasteiger partial charge on any atom is -0.399 e. The van der Waals surface area contributed by atoms with E-state index in [2.05, 4.69) is 5.32 Å². The van der Waals surface area contributed by atoms with Gasteiger partial charge in [0.15, 0.2) is 0 Å². The molecule has 0 bridgehead atoms. The number of nitrogens with one attached hydrogen (secondary N) is 1. The second-order valence-corrected chi connectivity index (χ2v) is 5.20. The third-order valence-corrected chi connectivity index (χ3v) is 3.51. The summed E-state index contributed by atoms with van der Waals surface area (Å²) in [6.07, 6.45) is -2.64. The third-order valence-electron chi connectivity index (χ3n) is 3.51. The summed E-state index contributed by atoms with van der Waals surface area (Å²) < 4.78 is 39.0. The SMILES string of the molecule is CC(Nc1ccc(N)cc1C(F)(F)F)C(=O)N1CCCC1. The van der Waals surface area contributed by atoms with Crippen LogP contribution >= 0.6 is 0 Å². The number of amides is 1. The molecule has 0 aromatic heterocycles. The number of halogens is 3. The molecule has 2 rings (SSSR count). The lowest BCUT2D eigenvalue weighted by atomic mass is 10.1. The average molecular weight is 301 g/mol. The van der Waals surface area contributed by atoms with Crippen molar-refractivity contribution in [3.05, 3.63) is 23.8 Å². The summed E-state index contributed by atoms with van der Waals surface area (Å²) in [5.41, 5.74) is 4.46. The van der Waals surface area contributed by atoms with Crippen LogP contribution in [0.1, 0.15) is 25.3 Å². The normalized spacial score (nSPS) is 16.9. The quantitative estimate of drug-likeness (QED) is 0.844. The maximum absolute atomic E-state index is 13.0. The molecule has 0 spiro atoms. The molecule has 1 aromatic carbocycles. The Balaban J connectivity index is 2.17.